The van der Waals surface area contributed by atoms with Crippen LogP contribution in [0.5, 0.6) is 0 Å². The van der Waals surface area contributed by atoms with Gasteiger partial charge in [-0.1, -0.05) is 13.8 Å². The third kappa shape index (κ3) is 3.82. The van der Waals surface area contributed by atoms with Gasteiger partial charge in [0, 0.05) is 17.0 Å². The molecule has 2 rings (SSSR count). The van der Waals surface area contributed by atoms with Crippen molar-refractivity contribution in [3.8, 4) is 0 Å². The van der Waals surface area contributed by atoms with E-state index in [2.05, 4.69) is 15.5 Å². The van der Waals surface area contributed by atoms with Gasteiger partial charge in [0.15, 0.2) is 0 Å². The van der Waals surface area contributed by atoms with Crippen LogP contribution in [-0.2, 0) is 4.79 Å². The number of aromatic amines is 1. The molecule has 6 nitrogen and oxygen atoms in total. The molecule has 0 spiro atoms. The molecule has 2 amide bonds. The number of hydrogen-bond donors (Lipinski definition) is 2. The average Bonchev–Trinajstić information content (AvgIpc) is 3.05. The second-order valence-electron chi connectivity index (χ2n) is 6.89. The van der Waals surface area contributed by atoms with Crippen molar-refractivity contribution in [3.05, 3.63) is 17.5 Å². The van der Waals surface area contributed by atoms with Gasteiger partial charge in [0.1, 0.15) is 11.7 Å². The van der Waals surface area contributed by atoms with Gasteiger partial charge < -0.3 is 10.2 Å². The Labute approximate surface area is 135 Å². The number of amides is 2. The quantitative estimate of drug-likeness (QED) is 0.891. The number of carbonyl (C=O) groups is 2. The number of rotatable bonds is 3. The lowest BCUT2D eigenvalue weighted by molar-refractivity contribution is -0.125. The molecule has 0 saturated carbocycles. The Morgan fingerprint density at radius 1 is 1.45 bits per heavy atom. The maximum absolute atomic E-state index is 12.6. The fraction of sp³-hybridized carbons (Fsp3) is 0.667. The molecule has 0 bridgehead atoms. The third-order valence-corrected chi connectivity index (χ3v) is 4.40. The lowest BCUT2D eigenvalue weighted by atomic mass is 10.1. The molecule has 7 heteroatoms. The zero-order valence-corrected chi connectivity index (χ0v) is 14.6. The average molecular weight is 324 g/mol. The molecule has 0 aliphatic carbocycles. The molecule has 2 N–H and O–H groups in total. The lowest BCUT2D eigenvalue weighted by Gasteiger charge is -2.27. The summed E-state index contributed by atoms with van der Waals surface area (Å²) in [6.07, 6.45) is 0. The van der Waals surface area contributed by atoms with Gasteiger partial charge in [-0.3, -0.25) is 14.7 Å². The molecule has 122 valence electrons. The van der Waals surface area contributed by atoms with Crippen molar-refractivity contribution >= 4 is 23.6 Å². The van der Waals surface area contributed by atoms with E-state index in [9.17, 15) is 9.59 Å². The second-order valence-corrected chi connectivity index (χ2v) is 7.89. The topological polar surface area (TPSA) is 78.1 Å². The second kappa shape index (κ2) is 6.32. The smallest absolute Gasteiger partial charge is 0.275 e. The van der Waals surface area contributed by atoms with Crippen LogP contribution in [0.1, 0.15) is 56.7 Å². The summed E-state index contributed by atoms with van der Waals surface area (Å²) in [5, 5.41) is 9.93. The van der Waals surface area contributed by atoms with Gasteiger partial charge in [0.2, 0.25) is 5.91 Å². The summed E-state index contributed by atoms with van der Waals surface area (Å²) in [5.41, 5.74) is 0.988. The van der Waals surface area contributed by atoms with Crippen molar-refractivity contribution < 1.29 is 9.59 Å². The minimum Gasteiger partial charge on any atom is -0.350 e. The molecule has 1 atom stereocenters. The highest BCUT2D eigenvalue weighted by Crippen LogP contribution is 2.24. The van der Waals surface area contributed by atoms with E-state index in [0.717, 1.165) is 5.69 Å². The molecule has 1 aromatic heterocycles. The Balaban J connectivity index is 2.12. The van der Waals surface area contributed by atoms with Gasteiger partial charge in [-0.05, 0) is 32.8 Å². The molecule has 1 aromatic rings. The van der Waals surface area contributed by atoms with Crippen LogP contribution < -0.4 is 5.32 Å². The highest BCUT2D eigenvalue weighted by atomic mass is 32.2. The Morgan fingerprint density at radius 2 is 2.14 bits per heavy atom. The van der Waals surface area contributed by atoms with Gasteiger partial charge in [-0.25, -0.2) is 0 Å². The monoisotopic (exact) mass is 324 g/mol. The van der Waals surface area contributed by atoms with Gasteiger partial charge in [-0.15, -0.1) is 11.8 Å². The number of carbonyl (C=O) groups excluding carboxylic acids is 2. The number of aromatic nitrogens is 2. The fourth-order valence-electron chi connectivity index (χ4n) is 2.20. The highest BCUT2D eigenvalue weighted by molar-refractivity contribution is 7.99. The van der Waals surface area contributed by atoms with E-state index in [1.807, 2.05) is 34.6 Å². The van der Waals surface area contributed by atoms with Crippen LogP contribution in [0.25, 0.3) is 0 Å². The Morgan fingerprint density at radius 3 is 2.68 bits per heavy atom. The van der Waals surface area contributed by atoms with E-state index >= 15 is 0 Å². The van der Waals surface area contributed by atoms with Crippen LogP contribution in [0.4, 0.5) is 0 Å². The van der Waals surface area contributed by atoms with E-state index < -0.39 is 6.04 Å². The summed E-state index contributed by atoms with van der Waals surface area (Å²) >= 11 is 1.59. The standard InChI is InChI=1S/C15H24N4O2S/c1-9(2)10-6-11(18-17-10)14(21)19-8-22-7-12(19)13(20)16-15(3,4)5/h6,9,12H,7-8H2,1-5H3,(H,16,20)(H,17,18)/t12-/m1/s1. The minimum atomic E-state index is -0.434. The zero-order valence-electron chi connectivity index (χ0n) is 13.8. The normalized spacial score (nSPS) is 18.8. The first-order valence-electron chi connectivity index (χ1n) is 7.45. The van der Waals surface area contributed by atoms with Crippen molar-refractivity contribution in [2.45, 2.75) is 52.1 Å². The summed E-state index contributed by atoms with van der Waals surface area (Å²) in [4.78, 5) is 26.6. The summed E-state index contributed by atoms with van der Waals surface area (Å²) in [6.45, 7) is 9.87. The summed E-state index contributed by atoms with van der Waals surface area (Å²) < 4.78 is 0. The summed E-state index contributed by atoms with van der Waals surface area (Å²) in [5.74, 6) is 1.12. The first-order chi connectivity index (χ1) is 10.2. The Kier molecular flexibility index (Phi) is 4.84. The van der Waals surface area contributed by atoms with Crippen molar-refractivity contribution in [1.82, 2.24) is 20.4 Å². The maximum Gasteiger partial charge on any atom is 0.275 e. The van der Waals surface area contributed by atoms with Crippen LogP contribution in [0.15, 0.2) is 6.07 Å². The summed E-state index contributed by atoms with van der Waals surface area (Å²) in [7, 11) is 0. The highest BCUT2D eigenvalue weighted by Gasteiger charge is 2.37. The SMILES string of the molecule is CC(C)c1cc(C(=O)N2CSC[C@@H]2C(=O)NC(C)(C)C)n[nH]1. The fourth-order valence-corrected chi connectivity index (χ4v) is 3.36. The van der Waals surface area contributed by atoms with E-state index in [4.69, 9.17) is 0 Å². The molecule has 0 unspecified atom stereocenters. The van der Waals surface area contributed by atoms with Crippen LogP contribution >= 0.6 is 11.8 Å². The van der Waals surface area contributed by atoms with Crippen LogP contribution in [-0.4, -0.2) is 50.1 Å². The molecular weight excluding hydrogens is 300 g/mol. The first kappa shape index (κ1) is 16.9. The van der Waals surface area contributed by atoms with Crippen molar-refractivity contribution in [2.24, 2.45) is 0 Å². The van der Waals surface area contributed by atoms with Crippen molar-refractivity contribution in [1.29, 1.82) is 0 Å². The predicted molar refractivity (Wildman–Crippen MR) is 87.9 cm³/mol. The first-order valence-corrected chi connectivity index (χ1v) is 8.60. The third-order valence-electron chi connectivity index (χ3n) is 3.38. The molecule has 2 heterocycles. The Hall–Kier alpha value is -1.50. The lowest BCUT2D eigenvalue weighted by Crippen LogP contribution is -2.52. The molecule has 1 fully saturated rings. The van der Waals surface area contributed by atoms with Crippen molar-refractivity contribution in [2.75, 3.05) is 11.6 Å². The van der Waals surface area contributed by atoms with Crippen molar-refractivity contribution in [3.63, 3.8) is 0 Å². The molecule has 1 aliphatic rings. The maximum atomic E-state index is 12.6. The molecule has 1 aliphatic heterocycles. The number of H-pyrrole nitrogens is 1. The number of nitrogens with zero attached hydrogens (tertiary/aromatic N) is 2. The van der Waals surface area contributed by atoms with Gasteiger partial charge in [-0.2, -0.15) is 5.10 Å². The van der Waals surface area contributed by atoms with E-state index in [1.165, 1.54) is 0 Å². The predicted octanol–water partition coefficient (Wildman–Crippen LogP) is 1.96. The van der Waals surface area contributed by atoms with Crippen LogP contribution in [0, 0.1) is 0 Å². The Bertz CT molecular complexity index is 562. The molecule has 0 radical (unpaired) electrons. The van der Waals surface area contributed by atoms with E-state index in [0.29, 0.717) is 17.3 Å². The summed E-state index contributed by atoms with van der Waals surface area (Å²) in [6, 6.07) is 1.34. The molecule has 1 saturated heterocycles. The number of thioether (sulfide) groups is 1. The van der Waals surface area contributed by atoms with E-state index in [-0.39, 0.29) is 23.3 Å². The van der Waals surface area contributed by atoms with E-state index in [1.54, 1.807) is 22.7 Å². The van der Waals surface area contributed by atoms with Gasteiger partial charge in [0.25, 0.3) is 5.91 Å². The minimum absolute atomic E-state index is 0.106. The number of nitrogens with one attached hydrogen (secondary N) is 2. The van der Waals surface area contributed by atoms with Crippen LogP contribution in [0.3, 0.4) is 0 Å². The zero-order chi connectivity index (χ0) is 16.5. The molecule has 22 heavy (non-hydrogen) atoms. The largest absolute Gasteiger partial charge is 0.350 e. The van der Waals surface area contributed by atoms with Gasteiger partial charge >= 0.3 is 0 Å². The molecular formula is C15H24N4O2S. The van der Waals surface area contributed by atoms with Crippen LogP contribution in [0.2, 0.25) is 0 Å². The van der Waals surface area contributed by atoms with Gasteiger partial charge in [0.05, 0.1) is 5.88 Å². The molecule has 0 aromatic carbocycles. The number of hydrogen-bond acceptors (Lipinski definition) is 4.